The highest BCUT2D eigenvalue weighted by molar-refractivity contribution is 8.18. The third kappa shape index (κ3) is 6.02. The van der Waals surface area contributed by atoms with Gasteiger partial charge < -0.3 is 15.2 Å². The fourth-order valence-corrected chi connectivity index (χ4v) is 5.05. The van der Waals surface area contributed by atoms with Crippen molar-refractivity contribution in [1.82, 2.24) is 9.47 Å². The second-order valence-corrected chi connectivity index (χ2v) is 10.0. The number of carbonyl (C=O) groups is 4. The van der Waals surface area contributed by atoms with Crippen LogP contribution in [0.3, 0.4) is 0 Å². The fraction of sp³-hybridized carbons (Fsp3) is 0.0714. The Bertz CT molecular complexity index is 1650. The molecule has 0 radical (unpaired) electrons. The molecular weight excluding hydrogens is 543 g/mol. The van der Waals surface area contributed by atoms with E-state index in [1.54, 1.807) is 41.1 Å². The van der Waals surface area contributed by atoms with E-state index in [0.717, 1.165) is 33.6 Å². The van der Waals surface area contributed by atoms with Crippen molar-refractivity contribution in [2.24, 2.45) is 0 Å². The normalized spacial score (nSPS) is 14.3. The van der Waals surface area contributed by atoms with E-state index < -0.39 is 29.4 Å². The number of amides is 4. The van der Waals surface area contributed by atoms with Gasteiger partial charge in [-0.3, -0.25) is 24.1 Å². The number of thioether (sulfide) groups is 1. The standard InChI is InChI=1S/C28H20ClFN4O4S/c29-18-8-10-20(11-9-18)31-25(35)15-33-14-17(22-6-1-2-7-23(22)33)12-24-27(37)34(28(38)39-24)16-26(36)32-21-5-3-4-19(30)13-21/h1-14H,15-16H2,(H,31,35)(H,32,36)/b24-12+. The van der Waals surface area contributed by atoms with Crippen molar-refractivity contribution in [3.63, 3.8) is 0 Å². The average Bonchev–Trinajstić information content (AvgIpc) is 3.37. The maximum atomic E-state index is 13.4. The smallest absolute Gasteiger partial charge is 0.294 e. The Kier molecular flexibility index (Phi) is 7.49. The molecule has 0 unspecified atom stereocenters. The van der Waals surface area contributed by atoms with Gasteiger partial charge in [0.25, 0.3) is 11.1 Å². The summed E-state index contributed by atoms with van der Waals surface area (Å²) in [6, 6.07) is 19.4. The number of benzene rings is 3. The lowest BCUT2D eigenvalue weighted by Gasteiger charge is -2.12. The molecule has 1 aliphatic heterocycles. The van der Waals surface area contributed by atoms with E-state index in [4.69, 9.17) is 11.6 Å². The molecule has 0 saturated carbocycles. The lowest BCUT2D eigenvalue weighted by Crippen LogP contribution is -2.36. The topological polar surface area (TPSA) is 101 Å². The van der Waals surface area contributed by atoms with Crippen molar-refractivity contribution in [2.45, 2.75) is 6.54 Å². The van der Waals surface area contributed by atoms with Gasteiger partial charge in [-0.2, -0.15) is 0 Å². The van der Waals surface area contributed by atoms with Gasteiger partial charge in [0.1, 0.15) is 18.9 Å². The van der Waals surface area contributed by atoms with Crippen LogP contribution in [0.15, 0.2) is 83.9 Å². The van der Waals surface area contributed by atoms with E-state index in [1.807, 2.05) is 24.3 Å². The summed E-state index contributed by atoms with van der Waals surface area (Å²) in [6.45, 7) is -0.496. The van der Waals surface area contributed by atoms with E-state index in [2.05, 4.69) is 10.6 Å². The van der Waals surface area contributed by atoms with Crippen LogP contribution in [0.2, 0.25) is 5.02 Å². The zero-order valence-electron chi connectivity index (χ0n) is 20.2. The molecular formula is C28H20ClFN4O4S. The number of fused-ring (bicyclic) bond motifs is 1. The summed E-state index contributed by atoms with van der Waals surface area (Å²) >= 11 is 6.62. The summed E-state index contributed by atoms with van der Waals surface area (Å²) < 4.78 is 15.1. The van der Waals surface area contributed by atoms with Crippen molar-refractivity contribution >= 4 is 74.7 Å². The van der Waals surface area contributed by atoms with E-state index in [0.29, 0.717) is 16.3 Å². The van der Waals surface area contributed by atoms with Crippen molar-refractivity contribution in [1.29, 1.82) is 0 Å². The van der Waals surface area contributed by atoms with Crippen molar-refractivity contribution in [2.75, 3.05) is 17.2 Å². The van der Waals surface area contributed by atoms with Crippen molar-refractivity contribution in [3.05, 3.63) is 100 Å². The van der Waals surface area contributed by atoms with Crippen LogP contribution >= 0.6 is 23.4 Å². The van der Waals surface area contributed by atoms with E-state index >= 15 is 0 Å². The van der Waals surface area contributed by atoms with Crippen LogP contribution in [-0.2, 0) is 20.9 Å². The molecule has 8 nitrogen and oxygen atoms in total. The molecule has 0 bridgehead atoms. The first-order valence-electron chi connectivity index (χ1n) is 11.7. The third-order valence-electron chi connectivity index (χ3n) is 5.83. The highest BCUT2D eigenvalue weighted by Crippen LogP contribution is 2.34. The number of anilines is 2. The maximum Gasteiger partial charge on any atom is 0.294 e. The van der Waals surface area contributed by atoms with Gasteiger partial charge in [0, 0.05) is 39.1 Å². The lowest BCUT2D eigenvalue weighted by atomic mass is 10.1. The molecule has 196 valence electrons. The molecule has 0 spiro atoms. The van der Waals surface area contributed by atoms with Crippen molar-refractivity contribution < 1.29 is 23.6 Å². The molecule has 1 saturated heterocycles. The highest BCUT2D eigenvalue weighted by atomic mass is 35.5. The molecule has 1 fully saturated rings. The molecule has 1 aromatic heterocycles. The number of para-hydroxylation sites is 1. The first kappa shape index (κ1) is 26.2. The summed E-state index contributed by atoms with van der Waals surface area (Å²) in [5, 5.41) is 6.05. The minimum absolute atomic E-state index is 0.0126. The molecule has 3 aromatic carbocycles. The Balaban J connectivity index is 1.33. The monoisotopic (exact) mass is 562 g/mol. The predicted molar refractivity (Wildman–Crippen MR) is 150 cm³/mol. The quantitative estimate of drug-likeness (QED) is 0.279. The van der Waals surface area contributed by atoms with Gasteiger partial charge in [-0.05, 0) is 66.4 Å². The van der Waals surface area contributed by atoms with Crippen LogP contribution in [0.25, 0.3) is 17.0 Å². The number of hydrogen-bond acceptors (Lipinski definition) is 5. The molecule has 11 heteroatoms. The Labute approximate surface area is 231 Å². The zero-order chi connectivity index (χ0) is 27.5. The summed E-state index contributed by atoms with van der Waals surface area (Å²) in [5.41, 5.74) is 2.23. The predicted octanol–water partition coefficient (Wildman–Crippen LogP) is 5.75. The Hall–Kier alpha value is -4.41. The zero-order valence-corrected chi connectivity index (χ0v) is 21.8. The third-order valence-corrected chi connectivity index (χ3v) is 6.99. The lowest BCUT2D eigenvalue weighted by molar-refractivity contribution is -0.127. The number of carbonyl (C=O) groups excluding carboxylic acids is 4. The minimum Gasteiger partial charge on any atom is -0.337 e. The van der Waals surface area contributed by atoms with Crippen LogP contribution in [0, 0.1) is 5.82 Å². The molecule has 39 heavy (non-hydrogen) atoms. The minimum atomic E-state index is -0.632. The molecule has 0 atom stereocenters. The number of imide groups is 1. The molecule has 0 aliphatic carbocycles. The summed E-state index contributed by atoms with van der Waals surface area (Å²) in [5.74, 6) is -2.03. The number of hydrogen-bond donors (Lipinski definition) is 2. The molecule has 5 rings (SSSR count). The molecule has 1 aliphatic rings. The second-order valence-electron chi connectivity index (χ2n) is 8.61. The van der Waals surface area contributed by atoms with Crippen LogP contribution in [0.1, 0.15) is 5.56 Å². The van der Waals surface area contributed by atoms with Gasteiger partial charge >= 0.3 is 0 Å². The van der Waals surface area contributed by atoms with Crippen LogP contribution < -0.4 is 10.6 Å². The van der Waals surface area contributed by atoms with Gasteiger partial charge in [-0.25, -0.2) is 4.39 Å². The second kappa shape index (κ2) is 11.1. The average molecular weight is 563 g/mol. The summed E-state index contributed by atoms with van der Waals surface area (Å²) in [4.78, 5) is 51.7. The fourth-order valence-electron chi connectivity index (χ4n) is 4.10. The van der Waals surface area contributed by atoms with Crippen LogP contribution in [0.4, 0.5) is 20.6 Å². The number of halogens is 2. The van der Waals surface area contributed by atoms with Gasteiger partial charge in [0.05, 0.1) is 4.91 Å². The number of aromatic nitrogens is 1. The Morgan fingerprint density at radius 3 is 2.38 bits per heavy atom. The van der Waals surface area contributed by atoms with E-state index in [1.165, 1.54) is 18.2 Å². The first-order chi connectivity index (χ1) is 18.8. The van der Waals surface area contributed by atoms with Crippen molar-refractivity contribution in [3.8, 4) is 0 Å². The Morgan fingerprint density at radius 1 is 0.897 bits per heavy atom. The molecule has 2 heterocycles. The maximum absolute atomic E-state index is 13.4. The van der Waals surface area contributed by atoms with Gasteiger partial charge in [-0.1, -0.05) is 35.9 Å². The van der Waals surface area contributed by atoms with Crippen LogP contribution in [0.5, 0.6) is 0 Å². The summed E-state index contributed by atoms with van der Waals surface area (Å²) in [7, 11) is 0. The highest BCUT2D eigenvalue weighted by Gasteiger charge is 2.36. The molecule has 4 amide bonds. The van der Waals surface area contributed by atoms with Gasteiger partial charge in [-0.15, -0.1) is 0 Å². The van der Waals surface area contributed by atoms with E-state index in [-0.39, 0.29) is 23.0 Å². The number of rotatable bonds is 7. The summed E-state index contributed by atoms with van der Waals surface area (Å²) in [6.07, 6.45) is 3.31. The number of nitrogens with one attached hydrogen (secondary N) is 2. The van der Waals surface area contributed by atoms with Gasteiger partial charge in [0.15, 0.2) is 0 Å². The van der Waals surface area contributed by atoms with E-state index in [9.17, 15) is 23.6 Å². The largest absolute Gasteiger partial charge is 0.337 e. The Morgan fingerprint density at radius 2 is 1.62 bits per heavy atom. The SMILES string of the molecule is O=C(CN1C(=O)S/C(=C/c2cn(CC(=O)Nc3ccc(Cl)cc3)c3ccccc23)C1=O)Nc1cccc(F)c1. The van der Waals surface area contributed by atoms with Crippen LogP contribution in [-0.4, -0.2) is 39.0 Å². The first-order valence-corrected chi connectivity index (χ1v) is 12.9. The molecule has 4 aromatic rings. The molecule has 2 N–H and O–H groups in total. The number of nitrogens with zero attached hydrogens (tertiary/aromatic N) is 2. The van der Waals surface area contributed by atoms with Gasteiger partial charge in [0.2, 0.25) is 11.8 Å².